The monoisotopic (exact) mass is 457 g/mol. The number of halogens is 1. The summed E-state index contributed by atoms with van der Waals surface area (Å²) in [5.41, 5.74) is -0.550. The molecule has 0 unspecified atom stereocenters. The molecule has 0 fully saturated rings. The molecule has 0 saturated heterocycles. The van der Waals surface area contributed by atoms with E-state index in [0.717, 1.165) is 10.0 Å². The second-order valence-corrected chi connectivity index (χ2v) is 8.74. The number of hydrogen-bond donors (Lipinski definition) is 2. The number of alkyl carbamates (subject to hydrolysis) is 2. The van der Waals surface area contributed by atoms with E-state index in [9.17, 15) is 9.59 Å². The Bertz CT molecular complexity index is 704. The molecule has 2 N–H and O–H groups in total. The van der Waals surface area contributed by atoms with Crippen molar-refractivity contribution in [2.75, 3.05) is 7.11 Å². The van der Waals surface area contributed by atoms with Crippen molar-refractivity contribution in [2.45, 2.75) is 59.3 Å². The first-order valence-corrected chi connectivity index (χ1v) is 9.45. The van der Waals surface area contributed by atoms with Gasteiger partial charge in [0.15, 0.2) is 0 Å². The summed E-state index contributed by atoms with van der Waals surface area (Å²) in [6.07, 6.45) is -1.48. The third kappa shape index (κ3) is 9.59. The average molecular weight is 458 g/mol. The number of nitrogens with zero attached hydrogens (tertiary/aromatic N) is 1. The van der Waals surface area contributed by atoms with Gasteiger partial charge in [-0.1, -0.05) is 6.07 Å². The third-order valence-electron chi connectivity index (χ3n) is 2.87. The summed E-state index contributed by atoms with van der Waals surface area (Å²) >= 11 is 3.41. The van der Waals surface area contributed by atoms with Crippen molar-refractivity contribution in [1.29, 1.82) is 0 Å². The van der Waals surface area contributed by atoms with Gasteiger partial charge in [-0.3, -0.25) is 10.6 Å². The molecule has 0 bridgehead atoms. The Kier molecular flexibility index (Phi) is 8.29. The van der Waals surface area contributed by atoms with Crippen molar-refractivity contribution < 1.29 is 23.8 Å². The van der Waals surface area contributed by atoms with Crippen molar-refractivity contribution in [1.82, 2.24) is 10.6 Å². The molecule has 0 saturated carbocycles. The lowest BCUT2D eigenvalue weighted by Gasteiger charge is -2.22. The van der Waals surface area contributed by atoms with Gasteiger partial charge in [-0.05, 0) is 75.2 Å². The lowest BCUT2D eigenvalue weighted by atomic mass is 10.2. The molecule has 0 aliphatic carbocycles. The number of guanidine groups is 1. The highest BCUT2D eigenvalue weighted by atomic mass is 79.9. The summed E-state index contributed by atoms with van der Waals surface area (Å²) in [4.78, 5) is 28.4. The zero-order valence-electron chi connectivity index (χ0n) is 17.3. The lowest BCUT2D eigenvalue weighted by Crippen LogP contribution is -2.47. The highest BCUT2D eigenvalue weighted by molar-refractivity contribution is 9.10. The van der Waals surface area contributed by atoms with Crippen LogP contribution in [0.4, 0.5) is 9.59 Å². The molecule has 2 amide bonds. The van der Waals surface area contributed by atoms with Crippen LogP contribution in [0.3, 0.4) is 0 Å². The summed E-state index contributed by atoms with van der Waals surface area (Å²) in [5, 5.41) is 4.88. The molecule has 28 heavy (non-hydrogen) atoms. The van der Waals surface area contributed by atoms with Gasteiger partial charge in [0, 0.05) is 0 Å². The SMILES string of the molecule is COc1ccc(CN=C(NC(=O)OC(C)(C)C)NC(=O)OC(C)(C)C)cc1Br. The van der Waals surface area contributed by atoms with Crippen LogP contribution < -0.4 is 15.4 Å². The van der Waals surface area contributed by atoms with Gasteiger partial charge in [-0.15, -0.1) is 0 Å². The topological polar surface area (TPSA) is 98.3 Å². The van der Waals surface area contributed by atoms with Crippen LogP contribution in [0.1, 0.15) is 47.1 Å². The fourth-order valence-electron chi connectivity index (χ4n) is 1.89. The first-order valence-electron chi connectivity index (χ1n) is 8.66. The summed E-state index contributed by atoms with van der Waals surface area (Å²) in [6.45, 7) is 10.6. The fraction of sp³-hybridized carbons (Fsp3) is 0.526. The minimum absolute atomic E-state index is 0.0737. The largest absolute Gasteiger partial charge is 0.496 e. The van der Waals surface area contributed by atoms with Gasteiger partial charge in [-0.2, -0.15) is 0 Å². The number of hydrogen-bond acceptors (Lipinski definition) is 6. The Hall–Kier alpha value is -2.29. The van der Waals surface area contributed by atoms with Gasteiger partial charge < -0.3 is 14.2 Å². The molecule has 1 rings (SSSR count). The van der Waals surface area contributed by atoms with E-state index < -0.39 is 23.4 Å². The quantitative estimate of drug-likeness (QED) is 0.518. The third-order valence-corrected chi connectivity index (χ3v) is 3.49. The summed E-state index contributed by atoms with van der Waals surface area (Å²) in [7, 11) is 1.57. The Balaban J connectivity index is 2.94. The van der Waals surface area contributed by atoms with Crippen LogP contribution in [-0.2, 0) is 16.0 Å². The zero-order chi connectivity index (χ0) is 21.5. The van der Waals surface area contributed by atoms with Gasteiger partial charge in [0.25, 0.3) is 0 Å². The summed E-state index contributed by atoms with van der Waals surface area (Å²) < 4.78 is 16.4. The standard InChI is InChI=1S/C19H28BrN3O5/c1-18(2,3)27-16(24)22-15(23-17(25)28-19(4,5)6)21-11-12-8-9-14(26-7)13(20)10-12/h8-10H,11H2,1-7H3,(H2,21,22,23,24,25). The Morgan fingerprint density at radius 3 is 1.89 bits per heavy atom. The molecule has 0 aromatic heterocycles. The summed E-state index contributed by atoms with van der Waals surface area (Å²) in [5.74, 6) is 0.613. The van der Waals surface area contributed by atoms with E-state index in [-0.39, 0.29) is 12.5 Å². The van der Waals surface area contributed by atoms with Crippen molar-refractivity contribution in [3.63, 3.8) is 0 Å². The molecular formula is C19H28BrN3O5. The second-order valence-electron chi connectivity index (χ2n) is 7.89. The zero-order valence-corrected chi connectivity index (χ0v) is 18.9. The molecule has 0 radical (unpaired) electrons. The number of carbonyl (C=O) groups is 2. The first-order chi connectivity index (χ1) is 12.8. The molecule has 9 heteroatoms. The number of benzene rings is 1. The number of amides is 2. The van der Waals surface area contributed by atoms with Crippen LogP contribution in [0.5, 0.6) is 5.75 Å². The van der Waals surface area contributed by atoms with E-state index in [1.165, 1.54) is 0 Å². The van der Waals surface area contributed by atoms with Crippen LogP contribution in [0.2, 0.25) is 0 Å². The number of methoxy groups -OCH3 is 1. The van der Waals surface area contributed by atoms with E-state index in [1.807, 2.05) is 12.1 Å². The highest BCUT2D eigenvalue weighted by Gasteiger charge is 2.21. The lowest BCUT2D eigenvalue weighted by molar-refractivity contribution is 0.0545. The van der Waals surface area contributed by atoms with Gasteiger partial charge in [0.2, 0.25) is 5.96 Å². The predicted molar refractivity (Wildman–Crippen MR) is 111 cm³/mol. The van der Waals surface area contributed by atoms with Crippen LogP contribution in [0, 0.1) is 0 Å². The van der Waals surface area contributed by atoms with Crippen LogP contribution in [0.25, 0.3) is 0 Å². The van der Waals surface area contributed by atoms with E-state index >= 15 is 0 Å². The fourth-order valence-corrected chi connectivity index (χ4v) is 2.48. The second kappa shape index (κ2) is 9.77. The molecule has 156 valence electrons. The molecule has 0 heterocycles. The minimum Gasteiger partial charge on any atom is -0.496 e. The van der Waals surface area contributed by atoms with E-state index in [1.54, 1.807) is 54.7 Å². The molecule has 0 spiro atoms. The Labute approximate surface area is 174 Å². The van der Waals surface area contributed by atoms with Crippen molar-refractivity contribution in [3.05, 3.63) is 28.2 Å². The highest BCUT2D eigenvalue weighted by Crippen LogP contribution is 2.25. The molecule has 8 nitrogen and oxygen atoms in total. The van der Waals surface area contributed by atoms with E-state index in [4.69, 9.17) is 14.2 Å². The van der Waals surface area contributed by atoms with Crippen LogP contribution in [-0.4, -0.2) is 36.5 Å². The Morgan fingerprint density at radius 2 is 1.50 bits per heavy atom. The maximum Gasteiger partial charge on any atom is 0.414 e. The predicted octanol–water partition coefficient (Wildman–Crippen LogP) is 4.36. The maximum absolute atomic E-state index is 12.1. The number of carbonyl (C=O) groups excluding carboxylic acids is 2. The average Bonchev–Trinajstić information content (AvgIpc) is 2.49. The van der Waals surface area contributed by atoms with Gasteiger partial charge in [-0.25, -0.2) is 14.6 Å². The van der Waals surface area contributed by atoms with E-state index in [2.05, 4.69) is 31.6 Å². The smallest absolute Gasteiger partial charge is 0.414 e. The number of ether oxygens (including phenoxy) is 3. The Morgan fingerprint density at radius 1 is 1.00 bits per heavy atom. The molecular weight excluding hydrogens is 430 g/mol. The maximum atomic E-state index is 12.1. The van der Waals surface area contributed by atoms with Crippen molar-refractivity contribution >= 4 is 34.1 Å². The number of rotatable bonds is 3. The molecule has 0 aliphatic heterocycles. The van der Waals surface area contributed by atoms with E-state index in [0.29, 0.717) is 5.75 Å². The normalized spacial score (nSPS) is 11.3. The van der Waals surface area contributed by atoms with Crippen LogP contribution >= 0.6 is 15.9 Å². The summed E-state index contributed by atoms with van der Waals surface area (Å²) in [6, 6.07) is 5.45. The molecule has 1 aromatic rings. The number of aliphatic imine (C=N–C) groups is 1. The molecule has 0 atom stereocenters. The van der Waals surface area contributed by atoms with Crippen LogP contribution in [0.15, 0.2) is 27.7 Å². The number of nitrogens with one attached hydrogen (secondary N) is 2. The minimum atomic E-state index is -0.738. The first kappa shape index (κ1) is 23.7. The van der Waals surface area contributed by atoms with Crippen molar-refractivity contribution in [3.8, 4) is 5.75 Å². The molecule has 1 aromatic carbocycles. The van der Waals surface area contributed by atoms with Gasteiger partial charge in [0.1, 0.15) is 17.0 Å². The van der Waals surface area contributed by atoms with Gasteiger partial charge >= 0.3 is 12.2 Å². The van der Waals surface area contributed by atoms with Crippen molar-refractivity contribution in [2.24, 2.45) is 4.99 Å². The molecule has 0 aliphatic rings. The van der Waals surface area contributed by atoms with Gasteiger partial charge in [0.05, 0.1) is 18.1 Å².